The van der Waals surface area contributed by atoms with Gasteiger partial charge in [0.05, 0.1) is 5.69 Å². The van der Waals surface area contributed by atoms with E-state index in [1.54, 1.807) is 6.07 Å². The molecule has 0 radical (unpaired) electrons. The minimum Gasteiger partial charge on any atom is -0.367 e. The fraction of sp³-hybridized carbons (Fsp3) is 0.390. The molecule has 1 N–H and O–H groups in total. The third-order valence-electron chi connectivity index (χ3n) is 9.07. The number of benzene rings is 3. The summed E-state index contributed by atoms with van der Waals surface area (Å²) in [6, 6.07) is 20.7. The molecule has 1 heterocycles. The van der Waals surface area contributed by atoms with Crippen molar-refractivity contribution in [1.29, 1.82) is 0 Å². The topological polar surface area (TPSA) is 21.5 Å². The second-order valence-electron chi connectivity index (χ2n) is 12.6. The third-order valence-corrected chi connectivity index (χ3v) is 9.79. The molecule has 47 heavy (non-hydrogen) atoms. The zero-order valence-corrected chi connectivity index (χ0v) is 30.2. The van der Waals surface area contributed by atoms with Crippen LogP contribution in [0.1, 0.15) is 52.6 Å². The number of halogens is 1. The highest BCUT2D eigenvalue weighted by Gasteiger charge is 2.29. The molecule has 1 fully saturated rings. The van der Waals surface area contributed by atoms with Crippen LogP contribution in [-0.4, -0.2) is 67.4 Å². The van der Waals surface area contributed by atoms with E-state index in [0.717, 1.165) is 76.2 Å². The first kappa shape index (κ1) is 38.0. The number of aryl methyl sites for hydroxylation is 2. The minimum absolute atomic E-state index is 0.117. The van der Waals surface area contributed by atoms with Gasteiger partial charge >= 0.3 is 0 Å². The molecular weight excluding hydrogens is 600 g/mol. The van der Waals surface area contributed by atoms with Gasteiger partial charge in [-0.15, -0.1) is 0 Å². The molecule has 0 aromatic heterocycles. The Hall–Kier alpha value is -3.45. The van der Waals surface area contributed by atoms with Crippen LogP contribution in [0, 0.1) is 26.6 Å². The second kappa shape index (κ2) is 19.4. The lowest BCUT2D eigenvalue weighted by Gasteiger charge is -2.36. The Labute approximate surface area is 289 Å². The van der Waals surface area contributed by atoms with E-state index in [-0.39, 0.29) is 10.7 Å². The van der Waals surface area contributed by atoms with E-state index in [4.69, 9.17) is 12.6 Å². The Balaban J connectivity index is 0.000000511. The fourth-order valence-electron chi connectivity index (χ4n) is 5.68. The number of nitrogens with one attached hydrogen (secondary N) is 1. The standard InChI is InChI=1S/C31H43FN4S.C10H12/c1-5-31(37,17-7-8-18-33-3)34(4)19-9-6-10-27-12-14-28(15-13-27)25-35-20-22-36(23-21-35)30-16-11-26(2)24-29(30)32;1-4-10-7-5-6-8(2)9(10)3/h5-6,9,11-16,19,24,33H,1,7-8,10,17-18,20-23,25H2,2-4H3;4-7H,1H2,2-3H3/p+1/b9-6+,34-19+;. The van der Waals surface area contributed by atoms with Crippen LogP contribution in [0.4, 0.5) is 10.1 Å². The minimum atomic E-state index is -0.334. The van der Waals surface area contributed by atoms with Crippen molar-refractivity contribution in [2.75, 3.05) is 51.7 Å². The molecule has 252 valence electrons. The molecule has 3 aromatic rings. The summed E-state index contributed by atoms with van der Waals surface area (Å²) in [6.07, 6.45) is 14.3. The summed E-state index contributed by atoms with van der Waals surface area (Å²) in [5.74, 6) is -0.117. The predicted octanol–water partition coefficient (Wildman–Crippen LogP) is 8.42. The highest BCUT2D eigenvalue weighted by atomic mass is 32.1. The number of rotatable bonds is 14. The van der Waals surface area contributed by atoms with E-state index in [1.807, 2.05) is 38.3 Å². The van der Waals surface area contributed by atoms with Crippen LogP contribution in [0.15, 0.2) is 92.0 Å². The molecule has 0 aliphatic carbocycles. The molecule has 0 spiro atoms. The first-order valence-corrected chi connectivity index (χ1v) is 17.3. The largest absolute Gasteiger partial charge is 0.367 e. The number of allylic oxidation sites excluding steroid dienone is 2. The van der Waals surface area contributed by atoms with Crippen molar-refractivity contribution in [3.8, 4) is 0 Å². The molecule has 1 saturated heterocycles. The van der Waals surface area contributed by atoms with Gasteiger partial charge in [-0.05, 0) is 111 Å². The molecular formula is C41H56FN4S+. The highest BCUT2D eigenvalue weighted by molar-refractivity contribution is 7.81. The zero-order chi connectivity index (χ0) is 34.2. The van der Waals surface area contributed by atoms with E-state index in [1.165, 1.54) is 27.8 Å². The molecule has 4 nitrogen and oxygen atoms in total. The third kappa shape index (κ3) is 11.9. The molecule has 1 aliphatic rings. The Morgan fingerprint density at radius 2 is 1.66 bits per heavy atom. The van der Waals surface area contributed by atoms with Gasteiger partial charge in [-0.3, -0.25) is 4.90 Å². The number of anilines is 1. The fourth-order valence-corrected chi connectivity index (χ4v) is 5.91. The van der Waals surface area contributed by atoms with Crippen molar-refractivity contribution in [2.45, 2.75) is 57.9 Å². The number of piperazine rings is 1. The van der Waals surface area contributed by atoms with Crippen LogP contribution in [0.5, 0.6) is 0 Å². The Bertz CT molecular complexity index is 1490. The lowest BCUT2D eigenvalue weighted by atomic mass is 10.0. The van der Waals surface area contributed by atoms with E-state index in [2.05, 4.69) is 115 Å². The summed E-state index contributed by atoms with van der Waals surface area (Å²) < 4.78 is 16.5. The van der Waals surface area contributed by atoms with E-state index in [9.17, 15) is 4.39 Å². The average Bonchev–Trinajstić information content (AvgIpc) is 3.07. The van der Waals surface area contributed by atoms with Gasteiger partial charge < -0.3 is 10.2 Å². The zero-order valence-electron chi connectivity index (χ0n) is 29.3. The van der Waals surface area contributed by atoms with Gasteiger partial charge in [-0.1, -0.05) is 86.5 Å². The van der Waals surface area contributed by atoms with Crippen molar-refractivity contribution in [3.63, 3.8) is 0 Å². The Kier molecular flexibility index (Phi) is 15.7. The lowest BCUT2D eigenvalue weighted by molar-refractivity contribution is -0.535. The molecule has 1 aliphatic heterocycles. The first-order chi connectivity index (χ1) is 22.6. The number of nitrogens with zero attached hydrogens (tertiary/aromatic N) is 3. The summed E-state index contributed by atoms with van der Waals surface area (Å²) in [6.45, 7) is 19.4. The normalized spacial score (nSPS) is 15.2. The van der Waals surface area contributed by atoms with Crippen molar-refractivity contribution < 1.29 is 8.97 Å². The Morgan fingerprint density at radius 1 is 0.957 bits per heavy atom. The first-order valence-electron chi connectivity index (χ1n) is 16.8. The molecule has 4 rings (SSSR count). The summed E-state index contributed by atoms with van der Waals surface area (Å²) in [4.78, 5) is 4.27. The van der Waals surface area contributed by atoms with Crippen molar-refractivity contribution in [1.82, 2.24) is 10.2 Å². The molecule has 6 heteroatoms. The van der Waals surface area contributed by atoms with Crippen LogP contribution >= 0.6 is 12.6 Å². The molecule has 0 bridgehead atoms. The number of likely N-dealkylation sites (N-methyl/N-ethyl adjacent to an activating group) is 1. The van der Waals surface area contributed by atoms with Gasteiger partial charge in [-0.25, -0.2) is 8.97 Å². The summed E-state index contributed by atoms with van der Waals surface area (Å²) in [5.41, 5.74) is 8.19. The van der Waals surface area contributed by atoms with Crippen molar-refractivity contribution >= 4 is 30.6 Å². The lowest BCUT2D eigenvalue weighted by Crippen LogP contribution is -2.46. The number of thiol groups is 1. The highest BCUT2D eigenvalue weighted by Crippen LogP contribution is 2.24. The molecule has 0 amide bonds. The number of hydrogen-bond acceptors (Lipinski definition) is 4. The van der Waals surface area contributed by atoms with Gasteiger partial charge in [0.2, 0.25) is 4.87 Å². The van der Waals surface area contributed by atoms with Crippen molar-refractivity contribution in [2.24, 2.45) is 0 Å². The number of hydrogen-bond donors (Lipinski definition) is 2. The maximum atomic E-state index is 14.3. The van der Waals surface area contributed by atoms with Crippen LogP contribution in [0.2, 0.25) is 0 Å². The SMILES string of the molecule is C=CC(S)(CCCCNC)/[N+](C)=C/C=C/Cc1ccc(CN2CCN(c3ccc(C)cc3F)CC2)cc1.C=Cc1cccc(C)c1C. The van der Waals surface area contributed by atoms with E-state index < -0.39 is 0 Å². The summed E-state index contributed by atoms with van der Waals surface area (Å²) in [7, 11) is 4.04. The van der Waals surface area contributed by atoms with Crippen LogP contribution in [0.25, 0.3) is 6.08 Å². The number of unbranched alkanes of at least 4 members (excludes halogenated alkanes) is 1. The van der Waals surface area contributed by atoms with Crippen LogP contribution in [-0.2, 0) is 13.0 Å². The summed E-state index contributed by atoms with van der Waals surface area (Å²) >= 11 is 4.88. The van der Waals surface area contributed by atoms with Gasteiger partial charge in [0.25, 0.3) is 0 Å². The van der Waals surface area contributed by atoms with Gasteiger partial charge in [0, 0.05) is 39.1 Å². The van der Waals surface area contributed by atoms with E-state index in [0.29, 0.717) is 0 Å². The van der Waals surface area contributed by atoms with Crippen LogP contribution < -0.4 is 10.2 Å². The smallest absolute Gasteiger partial charge is 0.223 e. The summed E-state index contributed by atoms with van der Waals surface area (Å²) in [5, 5.41) is 3.19. The molecule has 1 unspecified atom stereocenters. The monoisotopic (exact) mass is 655 g/mol. The van der Waals surface area contributed by atoms with Crippen molar-refractivity contribution in [3.05, 3.63) is 131 Å². The van der Waals surface area contributed by atoms with Crippen LogP contribution in [0.3, 0.4) is 0 Å². The maximum Gasteiger partial charge on any atom is 0.223 e. The predicted molar refractivity (Wildman–Crippen MR) is 206 cm³/mol. The maximum absolute atomic E-state index is 14.3. The van der Waals surface area contributed by atoms with E-state index >= 15 is 0 Å². The molecule has 0 saturated carbocycles. The molecule has 3 aromatic carbocycles. The van der Waals surface area contributed by atoms with Gasteiger partial charge in [0.1, 0.15) is 12.9 Å². The Morgan fingerprint density at radius 3 is 2.28 bits per heavy atom. The average molecular weight is 656 g/mol. The van der Waals surface area contributed by atoms with Gasteiger partial charge in [-0.2, -0.15) is 0 Å². The quantitative estimate of drug-likeness (QED) is 0.0455. The second-order valence-corrected chi connectivity index (χ2v) is 13.3. The molecule has 1 atom stereocenters. The van der Waals surface area contributed by atoms with Gasteiger partial charge in [0.15, 0.2) is 6.21 Å².